The summed E-state index contributed by atoms with van der Waals surface area (Å²) in [4.78, 5) is 2.50. The van der Waals surface area contributed by atoms with E-state index >= 15 is 0 Å². The summed E-state index contributed by atoms with van der Waals surface area (Å²) in [6.07, 6.45) is 0. The van der Waals surface area contributed by atoms with Crippen LogP contribution in [0.4, 0.5) is 11.4 Å². The van der Waals surface area contributed by atoms with Gasteiger partial charge >= 0.3 is 0 Å². The van der Waals surface area contributed by atoms with Gasteiger partial charge in [0, 0.05) is 35.6 Å². The first kappa shape index (κ1) is 11.7. The van der Waals surface area contributed by atoms with E-state index in [4.69, 9.17) is 0 Å². The van der Waals surface area contributed by atoms with E-state index in [2.05, 4.69) is 65.7 Å². The van der Waals surface area contributed by atoms with Crippen LogP contribution in [0.1, 0.15) is 18.1 Å². The van der Waals surface area contributed by atoms with Crippen LogP contribution in [-0.4, -0.2) is 24.5 Å². The lowest BCUT2D eigenvalue weighted by atomic mass is 9.97. The summed E-state index contributed by atoms with van der Waals surface area (Å²) in [6.45, 7) is 5.45. The molecule has 0 amide bonds. The second-order valence-corrected chi connectivity index (χ2v) is 5.48. The van der Waals surface area contributed by atoms with Gasteiger partial charge in [0.1, 0.15) is 0 Å². The van der Waals surface area contributed by atoms with Crippen molar-refractivity contribution in [2.45, 2.75) is 6.92 Å². The summed E-state index contributed by atoms with van der Waals surface area (Å²) in [6, 6.07) is 17.3. The van der Waals surface area contributed by atoms with E-state index < -0.39 is 0 Å². The molecular formula is C18H18N2. The second-order valence-electron chi connectivity index (χ2n) is 5.48. The lowest BCUT2D eigenvalue weighted by molar-refractivity contribution is 0.380. The van der Waals surface area contributed by atoms with Gasteiger partial charge in [-0.15, -0.1) is 0 Å². The molecule has 0 aliphatic carbocycles. The van der Waals surface area contributed by atoms with Crippen LogP contribution in [-0.2, 0) is 0 Å². The Balaban J connectivity index is 1.96. The average Bonchev–Trinajstić information content (AvgIpc) is 2.87. The van der Waals surface area contributed by atoms with Crippen LogP contribution in [0.3, 0.4) is 0 Å². The number of fused-ring (bicyclic) bond motifs is 4. The Morgan fingerprint density at radius 2 is 1.35 bits per heavy atom. The zero-order valence-corrected chi connectivity index (χ0v) is 11.7. The highest BCUT2D eigenvalue weighted by Gasteiger charge is 2.27. The first-order chi connectivity index (χ1) is 9.86. The molecule has 0 unspecified atom stereocenters. The molecule has 100 valence electrons. The van der Waals surface area contributed by atoms with Crippen molar-refractivity contribution in [3.05, 3.63) is 59.7 Å². The fourth-order valence-corrected chi connectivity index (χ4v) is 3.27. The molecule has 2 aliphatic heterocycles. The van der Waals surface area contributed by atoms with Gasteiger partial charge in [-0.3, -0.25) is 4.90 Å². The summed E-state index contributed by atoms with van der Waals surface area (Å²) in [5, 5.41) is 3.60. The number of hydrogen-bond acceptors (Lipinski definition) is 2. The van der Waals surface area contributed by atoms with Crippen LogP contribution in [0.5, 0.6) is 0 Å². The van der Waals surface area contributed by atoms with Gasteiger partial charge in [0.05, 0.1) is 0 Å². The van der Waals surface area contributed by atoms with Crippen molar-refractivity contribution in [2.75, 3.05) is 25.0 Å². The standard InChI is InChI=1S/C18H18N2/c1-2-20-11-15-13-7-3-5-9-17(13)19-18-10-6-4-8-14(18)16(15)12-20/h3-10,19H,2,11-12H2,1H3. The van der Waals surface area contributed by atoms with Gasteiger partial charge in [0.25, 0.3) is 0 Å². The van der Waals surface area contributed by atoms with Crippen molar-refractivity contribution in [2.24, 2.45) is 0 Å². The number of hydrogen-bond donors (Lipinski definition) is 1. The molecule has 2 nitrogen and oxygen atoms in total. The molecule has 2 aromatic rings. The minimum Gasteiger partial charge on any atom is -0.355 e. The van der Waals surface area contributed by atoms with E-state index in [9.17, 15) is 0 Å². The zero-order chi connectivity index (χ0) is 13.5. The first-order valence-electron chi connectivity index (χ1n) is 7.27. The zero-order valence-electron chi connectivity index (χ0n) is 11.7. The molecular weight excluding hydrogens is 244 g/mol. The van der Waals surface area contributed by atoms with Gasteiger partial charge in [-0.2, -0.15) is 0 Å². The number of anilines is 2. The smallest absolute Gasteiger partial charge is 0.0461 e. The van der Waals surface area contributed by atoms with Gasteiger partial charge in [-0.05, 0) is 29.8 Å². The third-order valence-electron chi connectivity index (χ3n) is 4.35. The van der Waals surface area contributed by atoms with Crippen LogP contribution in [0.2, 0.25) is 0 Å². The van der Waals surface area contributed by atoms with Crippen molar-refractivity contribution < 1.29 is 0 Å². The minimum atomic E-state index is 1.05. The maximum atomic E-state index is 3.60. The lowest BCUT2D eigenvalue weighted by Crippen LogP contribution is -2.20. The highest BCUT2D eigenvalue weighted by atomic mass is 15.1. The van der Waals surface area contributed by atoms with Gasteiger partial charge < -0.3 is 5.32 Å². The fraction of sp³-hybridized carbons (Fsp3) is 0.222. The second kappa shape index (κ2) is 4.50. The van der Waals surface area contributed by atoms with E-state index in [-0.39, 0.29) is 0 Å². The van der Waals surface area contributed by atoms with E-state index in [1.807, 2.05) is 0 Å². The van der Waals surface area contributed by atoms with Gasteiger partial charge in [0.15, 0.2) is 0 Å². The fourth-order valence-electron chi connectivity index (χ4n) is 3.27. The van der Waals surface area contributed by atoms with Gasteiger partial charge in [-0.1, -0.05) is 43.3 Å². The van der Waals surface area contributed by atoms with Gasteiger partial charge in [-0.25, -0.2) is 0 Å². The normalized spacial score (nSPS) is 17.1. The predicted octanol–water partition coefficient (Wildman–Crippen LogP) is 3.99. The Bertz CT molecular complexity index is 643. The largest absolute Gasteiger partial charge is 0.355 e. The van der Waals surface area contributed by atoms with Crippen molar-refractivity contribution in [1.82, 2.24) is 4.90 Å². The number of benzene rings is 2. The highest BCUT2D eigenvalue weighted by molar-refractivity contribution is 6.03. The molecule has 2 heterocycles. The van der Waals surface area contributed by atoms with Crippen molar-refractivity contribution in [3.63, 3.8) is 0 Å². The molecule has 0 radical (unpaired) electrons. The average molecular weight is 262 g/mol. The van der Waals surface area contributed by atoms with Crippen LogP contribution >= 0.6 is 0 Å². The van der Waals surface area contributed by atoms with Gasteiger partial charge in [0.2, 0.25) is 0 Å². The number of likely N-dealkylation sites (N-methyl/N-ethyl adjacent to an activating group) is 1. The molecule has 0 bridgehead atoms. The van der Waals surface area contributed by atoms with E-state index in [1.165, 1.54) is 33.6 Å². The predicted molar refractivity (Wildman–Crippen MR) is 85.1 cm³/mol. The Morgan fingerprint density at radius 1 is 0.850 bits per heavy atom. The summed E-state index contributed by atoms with van der Waals surface area (Å²) >= 11 is 0. The van der Waals surface area contributed by atoms with Crippen LogP contribution < -0.4 is 5.32 Å². The molecule has 0 aromatic heterocycles. The van der Waals surface area contributed by atoms with E-state index in [0.29, 0.717) is 0 Å². The van der Waals surface area contributed by atoms with Crippen molar-refractivity contribution in [1.29, 1.82) is 0 Å². The topological polar surface area (TPSA) is 15.3 Å². The molecule has 1 N–H and O–H groups in total. The number of nitrogens with zero attached hydrogens (tertiary/aromatic N) is 1. The maximum Gasteiger partial charge on any atom is 0.0461 e. The Morgan fingerprint density at radius 3 is 1.85 bits per heavy atom. The summed E-state index contributed by atoms with van der Waals surface area (Å²) < 4.78 is 0. The molecule has 2 aliphatic rings. The van der Waals surface area contributed by atoms with Crippen molar-refractivity contribution in [3.8, 4) is 0 Å². The highest BCUT2D eigenvalue weighted by Crippen LogP contribution is 2.42. The van der Waals surface area contributed by atoms with E-state index in [0.717, 1.165) is 19.6 Å². The first-order valence-corrected chi connectivity index (χ1v) is 7.27. The molecule has 0 saturated carbocycles. The number of para-hydroxylation sites is 2. The summed E-state index contributed by atoms with van der Waals surface area (Å²) in [5.41, 5.74) is 8.13. The van der Waals surface area contributed by atoms with Crippen molar-refractivity contribution >= 4 is 22.5 Å². The summed E-state index contributed by atoms with van der Waals surface area (Å²) in [7, 11) is 0. The molecule has 2 heteroatoms. The number of rotatable bonds is 1. The molecule has 0 fully saturated rings. The Labute approximate surface area is 119 Å². The van der Waals surface area contributed by atoms with Crippen LogP contribution in [0.25, 0.3) is 11.1 Å². The molecule has 0 spiro atoms. The van der Waals surface area contributed by atoms with Crippen LogP contribution in [0.15, 0.2) is 48.5 Å². The lowest BCUT2D eigenvalue weighted by Gasteiger charge is -2.17. The minimum absolute atomic E-state index is 1.05. The SMILES string of the molecule is CCN1CC2=C(C1)c1ccccc1Nc1ccccc12. The third kappa shape index (κ3) is 1.69. The third-order valence-corrected chi connectivity index (χ3v) is 4.35. The molecule has 20 heavy (non-hydrogen) atoms. The van der Waals surface area contributed by atoms with E-state index in [1.54, 1.807) is 0 Å². The quantitative estimate of drug-likeness (QED) is 0.836. The molecule has 0 saturated heterocycles. The monoisotopic (exact) mass is 262 g/mol. The molecule has 0 atom stereocenters. The summed E-state index contributed by atoms with van der Waals surface area (Å²) in [5.74, 6) is 0. The number of nitrogens with one attached hydrogen (secondary N) is 1. The van der Waals surface area contributed by atoms with Crippen LogP contribution in [0, 0.1) is 0 Å². The Kier molecular flexibility index (Phi) is 2.64. The molecule has 2 aromatic carbocycles. The molecule has 4 rings (SSSR count). The maximum absolute atomic E-state index is 3.60. The Hall–Kier alpha value is -2.06.